The number of para-hydroxylation sites is 1. The van der Waals surface area contributed by atoms with E-state index in [1.165, 1.54) is 0 Å². The fourth-order valence-electron chi connectivity index (χ4n) is 2.46. The van der Waals surface area contributed by atoms with Gasteiger partial charge in [0.05, 0.1) is 20.3 Å². The van der Waals surface area contributed by atoms with Gasteiger partial charge in [0.2, 0.25) is 0 Å². The van der Waals surface area contributed by atoms with Crippen molar-refractivity contribution in [3.05, 3.63) is 53.6 Å². The first-order valence-electron chi connectivity index (χ1n) is 6.97. The molecule has 1 N–H and O–H groups in total. The Morgan fingerprint density at radius 3 is 2.50 bits per heavy atom. The van der Waals surface area contributed by atoms with Gasteiger partial charge in [-0.25, -0.2) is 0 Å². The first-order valence-corrected chi connectivity index (χ1v) is 6.97. The SMILES string of the molecule is COc1cc(OC)cc(C(=O)NC2COc3ccccc32)c1. The Morgan fingerprint density at radius 1 is 1.14 bits per heavy atom. The van der Waals surface area contributed by atoms with Crippen LogP contribution >= 0.6 is 0 Å². The lowest BCUT2D eigenvalue weighted by Gasteiger charge is -2.13. The van der Waals surface area contributed by atoms with Crippen molar-refractivity contribution in [2.45, 2.75) is 6.04 Å². The molecule has 5 nitrogen and oxygen atoms in total. The number of methoxy groups -OCH3 is 2. The summed E-state index contributed by atoms with van der Waals surface area (Å²) in [6, 6.07) is 12.6. The van der Waals surface area contributed by atoms with Crippen molar-refractivity contribution in [2.75, 3.05) is 20.8 Å². The molecule has 0 saturated carbocycles. The second kappa shape index (κ2) is 5.97. The molecule has 0 saturated heterocycles. The minimum atomic E-state index is -0.192. The van der Waals surface area contributed by atoms with Gasteiger partial charge in [-0.05, 0) is 18.2 Å². The predicted octanol–water partition coefficient (Wildman–Crippen LogP) is 2.57. The summed E-state index contributed by atoms with van der Waals surface area (Å²) in [5.74, 6) is 1.78. The minimum Gasteiger partial charge on any atom is -0.497 e. The summed E-state index contributed by atoms with van der Waals surface area (Å²) in [7, 11) is 3.11. The first-order chi connectivity index (χ1) is 10.7. The molecule has 1 aliphatic heterocycles. The van der Waals surface area contributed by atoms with Crippen LogP contribution in [0.1, 0.15) is 22.0 Å². The third-order valence-electron chi connectivity index (χ3n) is 3.62. The number of rotatable bonds is 4. The van der Waals surface area contributed by atoms with Crippen LogP contribution in [0.3, 0.4) is 0 Å². The Morgan fingerprint density at radius 2 is 1.82 bits per heavy atom. The third-order valence-corrected chi connectivity index (χ3v) is 3.62. The van der Waals surface area contributed by atoms with Crippen molar-refractivity contribution in [1.82, 2.24) is 5.32 Å². The van der Waals surface area contributed by atoms with Crippen LogP contribution in [-0.2, 0) is 0 Å². The van der Waals surface area contributed by atoms with Gasteiger partial charge in [-0.1, -0.05) is 18.2 Å². The Hall–Kier alpha value is -2.69. The third kappa shape index (κ3) is 2.70. The number of hydrogen-bond donors (Lipinski definition) is 1. The maximum atomic E-state index is 12.5. The molecule has 1 atom stereocenters. The number of carbonyl (C=O) groups excluding carboxylic acids is 1. The number of ether oxygens (including phenoxy) is 3. The number of hydrogen-bond acceptors (Lipinski definition) is 4. The summed E-state index contributed by atoms with van der Waals surface area (Å²) < 4.78 is 16.0. The summed E-state index contributed by atoms with van der Waals surface area (Å²) in [4.78, 5) is 12.5. The molecule has 0 aromatic heterocycles. The van der Waals surface area contributed by atoms with E-state index in [0.717, 1.165) is 11.3 Å². The van der Waals surface area contributed by atoms with Crippen LogP contribution < -0.4 is 19.5 Å². The lowest BCUT2D eigenvalue weighted by atomic mass is 10.1. The quantitative estimate of drug-likeness (QED) is 0.942. The van der Waals surface area contributed by atoms with Crippen molar-refractivity contribution in [1.29, 1.82) is 0 Å². The van der Waals surface area contributed by atoms with E-state index < -0.39 is 0 Å². The topological polar surface area (TPSA) is 56.8 Å². The summed E-state index contributed by atoms with van der Waals surface area (Å²) in [6.07, 6.45) is 0. The van der Waals surface area contributed by atoms with E-state index in [1.54, 1.807) is 32.4 Å². The summed E-state index contributed by atoms with van der Waals surface area (Å²) in [5.41, 5.74) is 1.48. The van der Waals surface area contributed by atoms with Gasteiger partial charge in [0.15, 0.2) is 0 Å². The van der Waals surface area contributed by atoms with Gasteiger partial charge in [-0.2, -0.15) is 0 Å². The van der Waals surface area contributed by atoms with E-state index in [-0.39, 0.29) is 11.9 Å². The van der Waals surface area contributed by atoms with Crippen LogP contribution in [0, 0.1) is 0 Å². The molecule has 1 aliphatic rings. The zero-order valence-electron chi connectivity index (χ0n) is 12.5. The molecular formula is C17H17NO4. The molecule has 114 valence electrons. The van der Waals surface area contributed by atoms with Gasteiger partial charge in [-0.3, -0.25) is 4.79 Å². The zero-order valence-corrected chi connectivity index (χ0v) is 12.5. The fraction of sp³-hybridized carbons (Fsp3) is 0.235. The van der Waals surface area contributed by atoms with Crippen LogP contribution in [0.15, 0.2) is 42.5 Å². The van der Waals surface area contributed by atoms with Crippen molar-refractivity contribution < 1.29 is 19.0 Å². The van der Waals surface area contributed by atoms with Gasteiger partial charge in [0.1, 0.15) is 23.9 Å². The molecule has 3 rings (SSSR count). The molecular weight excluding hydrogens is 282 g/mol. The Kier molecular flexibility index (Phi) is 3.87. The van der Waals surface area contributed by atoms with Gasteiger partial charge >= 0.3 is 0 Å². The highest BCUT2D eigenvalue weighted by atomic mass is 16.5. The number of nitrogens with one attached hydrogen (secondary N) is 1. The lowest BCUT2D eigenvalue weighted by molar-refractivity contribution is 0.0929. The average molecular weight is 299 g/mol. The van der Waals surface area contributed by atoms with Crippen LogP contribution in [-0.4, -0.2) is 26.7 Å². The fourth-order valence-corrected chi connectivity index (χ4v) is 2.46. The Balaban J connectivity index is 1.81. The standard InChI is InChI=1S/C17H17NO4/c1-20-12-7-11(8-13(9-12)21-2)17(19)18-15-10-22-16-6-4-3-5-14(15)16/h3-9,15H,10H2,1-2H3,(H,18,19). The number of carbonyl (C=O) groups is 1. The molecule has 5 heteroatoms. The highest BCUT2D eigenvalue weighted by Gasteiger charge is 2.25. The molecule has 2 aromatic carbocycles. The summed E-state index contributed by atoms with van der Waals surface area (Å²) >= 11 is 0. The van der Waals surface area contributed by atoms with Crippen LogP contribution in [0.4, 0.5) is 0 Å². The maximum Gasteiger partial charge on any atom is 0.252 e. The maximum absolute atomic E-state index is 12.5. The molecule has 0 bridgehead atoms. The second-order valence-corrected chi connectivity index (χ2v) is 4.98. The highest BCUT2D eigenvalue weighted by molar-refractivity contribution is 5.95. The van der Waals surface area contributed by atoms with Gasteiger partial charge in [-0.15, -0.1) is 0 Å². The predicted molar refractivity (Wildman–Crippen MR) is 81.7 cm³/mol. The van der Waals surface area contributed by atoms with Crippen LogP contribution in [0.2, 0.25) is 0 Å². The zero-order chi connectivity index (χ0) is 15.5. The number of amides is 1. The molecule has 0 fully saturated rings. The Bertz CT molecular complexity index is 677. The van der Waals surface area contributed by atoms with Crippen molar-refractivity contribution in [3.63, 3.8) is 0 Å². The average Bonchev–Trinajstić information content (AvgIpc) is 2.97. The molecule has 1 amide bonds. The second-order valence-electron chi connectivity index (χ2n) is 4.98. The summed E-state index contributed by atoms with van der Waals surface area (Å²) in [6.45, 7) is 0.437. The van der Waals surface area contributed by atoms with E-state index in [1.807, 2.05) is 24.3 Å². The van der Waals surface area contributed by atoms with E-state index in [0.29, 0.717) is 23.7 Å². The highest BCUT2D eigenvalue weighted by Crippen LogP contribution is 2.32. The molecule has 1 unspecified atom stereocenters. The lowest BCUT2D eigenvalue weighted by Crippen LogP contribution is -2.29. The van der Waals surface area contributed by atoms with Gasteiger partial charge in [0.25, 0.3) is 5.91 Å². The van der Waals surface area contributed by atoms with Crippen LogP contribution in [0.25, 0.3) is 0 Å². The smallest absolute Gasteiger partial charge is 0.252 e. The van der Waals surface area contributed by atoms with E-state index in [4.69, 9.17) is 14.2 Å². The molecule has 0 radical (unpaired) electrons. The van der Waals surface area contributed by atoms with Crippen molar-refractivity contribution in [2.24, 2.45) is 0 Å². The van der Waals surface area contributed by atoms with Gasteiger partial charge < -0.3 is 19.5 Å². The largest absolute Gasteiger partial charge is 0.497 e. The normalized spacial score (nSPS) is 15.6. The molecule has 2 aromatic rings. The molecule has 22 heavy (non-hydrogen) atoms. The van der Waals surface area contributed by atoms with Crippen molar-refractivity contribution >= 4 is 5.91 Å². The number of benzene rings is 2. The minimum absolute atomic E-state index is 0.152. The van der Waals surface area contributed by atoms with E-state index in [9.17, 15) is 4.79 Å². The molecule has 0 aliphatic carbocycles. The van der Waals surface area contributed by atoms with Gasteiger partial charge in [0, 0.05) is 17.2 Å². The summed E-state index contributed by atoms with van der Waals surface area (Å²) in [5, 5.41) is 2.98. The van der Waals surface area contributed by atoms with Crippen LogP contribution in [0.5, 0.6) is 17.2 Å². The molecule has 0 spiro atoms. The monoisotopic (exact) mass is 299 g/mol. The Labute approximate surface area is 128 Å². The molecule has 1 heterocycles. The van der Waals surface area contributed by atoms with E-state index in [2.05, 4.69) is 5.32 Å². The first kappa shape index (κ1) is 14.3. The van der Waals surface area contributed by atoms with Crippen molar-refractivity contribution in [3.8, 4) is 17.2 Å². The van der Waals surface area contributed by atoms with E-state index >= 15 is 0 Å². The number of fused-ring (bicyclic) bond motifs is 1.